The van der Waals surface area contributed by atoms with E-state index in [9.17, 15) is 57.8 Å². The van der Waals surface area contributed by atoms with E-state index in [2.05, 4.69) is 39.2 Å². The molecule has 0 spiro atoms. The van der Waals surface area contributed by atoms with Crippen LogP contribution in [0.1, 0.15) is 52.4 Å². The lowest BCUT2D eigenvalue weighted by Crippen LogP contribution is -2.60. The highest BCUT2D eigenvalue weighted by Gasteiger charge is 2.35. The molecule has 23 nitrogen and oxygen atoms in total. The van der Waals surface area contributed by atoms with E-state index in [0.717, 1.165) is 0 Å². The molecular formula is C28H43N7O16S. The molecule has 0 heterocycles. The minimum Gasteiger partial charge on any atom is -0.481 e. The van der Waals surface area contributed by atoms with Gasteiger partial charge in [0.15, 0.2) is 0 Å². The van der Waals surface area contributed by atoms with Gasteiger partial charge in [-0.05, 0) is 12.3 Å². The number of hydrogen-bond donors (Lipinski definition) is 13. The zero-order chi connectivity index (χ0) is 40.3. The van der Waals surface area contributed by atoms with Crippen molar-refractivity contribution in [1.82, 2.24) is 31.9 Å². The average molecular weight is 766 g/mol. The summed E-state index contributed by atoms with van der Waals surface area (Å²) in [6, 6.07) is -9.98. The number of amides is 6. The summed E-state index contributed by atoms with van der Waals surface area (Å²) in [5.74, 6) is -15.4. The first-order chi connectivity index (χ1) is 24.1. The minimum atomic E-state index is -1.86. The molecule has 0 aliphatic rings. The molecule has 0 saturated carbocycles. The van der Waals surface area contributed by atoms with Gasteiger partial charge in [-0.1, -0.05) is 20.3 Å². The third-order valence-corrected chi connectivity index (χ3v) is 7.43. The van der Waals surface area contributed by atoms with Crippen molar-refractivity contribution in [3.63, 3.8) is 0 Å². The van der Waals surface area contributed by atoms with Gasteiger partial charge in [0.1, 0.15) is 30.2 Å². The fourth-order valence-electron chi connectivity index (χ4n) is 4.07. The number of aliphatic carboxylic acids is 5. The molecular weight excluding hydrogens is 722 g/mol. The highest BCUT2D eigenvalue weighted by atomic mass is 32.1. The quantitative estimate of drug-likeness (QED) is 0.0388. The maximum Gasteiger partial charge on any atom is 0.326 e. The molecule has 0 fully saturated rings. The van der Waals surface area contributed by atoms with Crippen LogP contribution in [-0.4, -0.2) is 139 Å². The molecule has 0 aromatic rings. The highest BCUT2D eigenvalue weighted by molar-refractivity contribution is 7.80. The molecule has 52 heavy (non-hydrogen) atoms. The number of carbonyl (C=O) groups excluding carboxylic acids is 6. The van der Waals surface area contributed by atoms with Crippen LogP contribution in [0.4, 0.5) is 0 Å². The molecule has 13 N–H and O–H groups in total. The Labute approximate surface area is 300 Å². The molecule has 0 saturated heterocycles. The lowest BCUT2D eigenvalue weighted by molar-refractivity contribution is -0.147. The van der Waals surface area contributed by atoms with Crippen molar-refractivity contribution in [2.24, 2.45) is 11.7 Å². The maximum atomic E-state index is 13.4. The van der Waals surface area contributed by atoms with E-state index in [4.69, 9.17) is 26.2 Å². The van der Waals surface area contributed by atoms with Crippen LogP contribution in [0, 0.1) is 5.92 Å². The number of carboxylic acid groups (broad SMARTS) is 5. The normalized spacial score (nSPS) is 14.7. The predicted molar refractivity (Wildman–Crippen MR) is 175 cm³/mol. The topological polar surface area (TPSA) is 387 Å². The summed E-state index contributed by atoms with van der Waals surface area (Å²) in [6.45, 7) is 2.17. The zero-order valence-electron chi connectivity index (χ0n) is 27.9. The van der Waals surface area contributed by atoms with Crippen molar-refractivity contribution in [3.05, 3.63) is 0 Å². The van der Waals surface area contributed by atoms with Gasteiger partial charge in [-0.15, -0.1) is 0 Å². The third kappa shape index (κ3) is 17.9. The van der Waals surface area contributed by atoms with Crippen LogP contribution in [0.3, 0.4) is 0 Å². The lowest BCUT2D eigenvalue weighted by atomic mass is 9.97. The first-order valence-corrected chi connectivity index (χ1v) is 16.0. The highest BCUT2D eigenvalue weighted by Crippen LogP contribution is 2.11. The number of nitrogens with two attached hydrogens (primary N) is 1. The summed E-state index contributed by atoms with van der Waals surface area (Å²) in [5, 5.41) is 58.0. The number of rotatable bonds is 25. The van der Waals surface area contributed by atoms with Crippen molar-refractivity contribution in [3.8, 4) is 0 Å². The van der Waals surface area contributed by atoms with Gasteiger partial charge in [-0.25, -0.2) is 4.79 Å². The van der Waals surface area contributed by atoms with Crippen LogP contribution < -0.4 is 37.6 Å². The minimum absolute atomic E-state index is 0.200. The first-order valence-electron chi connectivity index (χ1n) is 15.4. The van der Waals surface area contributed by atoms with Crippen LogP contribution >= 0.6 is 12.6 Å². The van der Waals surface area contributed by atoms with Gasteiger partial charge in [0.25, 0.3) is 0 Å². The molecule has 0 radical (unpaired) electrons. The second-order valence-electron chi connectivity index (χ2n) is 11.2. The Morgan fingerprint density at radius 3 is 1.58 bits per heavy atom. The molecule has 0 aliphatic heterocycles. The van der Waals surface area contributed by atoms with E-state index in [1.807, 2.05) is 5.32 Å². The fraction of sp³-hybridized carbons (Fsp3) is 0.607. The van der Waals surface area contributed by atoms with E-state index in [1.54, 1.807) is 6.92 Å². The van der Waals surface area contributed by atoms with E-state index >= 15 is 0 Å². The van der Waals surface area contributed by atoms with Gasteiger partial charge in [-0.3, -0.25) is 47.9 Å². The Bertz CT molecular complexity index is 1380. The number of carboxylic acids is 5. The van der Waals surface area contributed by atoms with Gasteiger partial charge in [0, 0.05) is 12.2 Å². The summed E-state index contributed by atoms with van der Waals surface area (Å²) in [7, 11) is 0. The molecule has 0 aromatic heterocycles. The Morgan fingerprint density at radius 2 is 1.10 bits per heavy atom. The van der Waals surface area contributed by atoms with Crippen molar-refractivity contribution in [2.45, 2.75) is 88.6 Å². The van der Waals surface area contributed by atoms with Gasteiger partial charge in [-0.2, -0.15) is 12.6 Å². The van der Waals surface area contributed by atoms with Crippen LogP contribution in [-0.2, 0) is 52.7 Å². The van der Waals surface area contributed by atoms with Crippen LogP contribution in [0.5, 0.6) is 0 Å². The molecule has 292 valence electrons. The molecule has 0 aliphatic carbocycles. The summed E-state index contributed by atoms with van der Waals surface area (Å²) >= 11 is 3.93. The molecule has 7 atom stereocenters. The lowest BCUT2D eigenvalue weighted by Gasteiger charge is -2.28. The summed E-state index contributed by atoms with van der Waals surface area (Å²) in [6.07, 6.45) is -3.82. The number of carbonyl (C=O) groups is 11. The van der Waals surface area contributed by atoms with Gasteiger partial charge in [0.2, 0.25) is 35.4 Å². The Hall–Kier alpha value is -5.52. The van der Waals surface area contributed by atoms with Crippen molar-refractivity contribution < 1.29 is 78.3 Å². The first kappa shape index (κ1) is 46.5. The zero-order valence-corrected chi connectivity index (χ0v) is 28.8. The molecule has 24 heteroatoms. The number of thiol groups is 1. The van der Waals surface area contributed by atoms with E-state index < -0.39 is 152 Å². The van der Waals surface area contributed by atoms with Gasteiger partial charge in [0.05, 0.1) is 31.8 Å². The predicted octanol–water partition coefficient (Wildman–Crippen LogP) is -4.80. The van der Waals surface area contributed by atoms with Crippen LogP contribution in [0.15, 0.2) is 0 Å². The molecule has 6 amide bonds. The maximum absolute atomic E-state index is 13.4. The summed E-state index contributed by atoms with van der Waals surface area (Å²) < 4.78 is 0. The SMILES string of the molecule is CCC(C)C(NC(=O)C(CC(=O)O)NC(=O)C(CS)NC(=O)C(N)CC(=O)O)C(=O)NC(CCC(=O)O)C(=O)NCC(=O)NC(CC(=O)O)C(=O)O. The van der Waals surface area contributed by atoms with E-state index in [-0.39, 0.29) is 6.42 Å². The van der Waals surface area contributed by atoms with E-state index in [0.29, 0.717) is 0 Å². The van der Waals surface area contributed by atoms with Crippen molar-refractivity contribution in [2.75, 3.05) is 12.3 Å². The standard InChI is InChI=1S/C28H43N7O16S/c1-3-11(2)22(35-25(47)14(7-20(41)42)33-26(48)16(10-52)34-23(45)12(29)6-19(39)40)27(49)32-13(4-5-18(37)38)24(46)30-9-17(36)31-15(28(50)51)8-21(43)44/h11-16,22,52H,3-10,29H2,1-2H3,(H,30,46)(H,31,36)(H,32,49)(H,33,48)(H,34,45)(H,35,47)(H,37,38)(H,39,40)(H,41,42)(H,43,44)(H,50,51). The largest absolute Gasteiger partial charge is 0.481 e. The van der Waals surface area contributed by atoms with Crippen LogP contribution in [0.25, 0.3) is 0 Å². The fourth-order valence-corrected chi connectivity index (χ4v) is 4.33. The molecule has 0 rings (SSSR count). The molecule has 7 unspecified atom stereocenters. The Morgan fingerprint density at radius 1 is 0.596 bits per heavy atom. The second kappa shape index (κ2) is 23.0. The third-order valence-electron chi connectivity index (χ3n) is 7.07. The smallest absolute Gasteiger partial charge is 0.326 e. The monoisotopic (exact) mass is 765 g/mol. The van der Waals surface area contributed by atoms with Crippen molar-refractivity contribution in [1.29, 1.82) is 0 Å². The number of nitrogens with one attached hydrogen (secondary N) is 6. The summed E-state index contributed by atoms with van der Waals surface area (Å²) in [5.41, 5.74) is 5.48. The van der Waals surface area contributed by atoms with Gasteiger partial charge >= 0.3 is 29.8 Å². The number of hydrogen-bond acceptors (Lipinski definition) is 13. The Balaban J connectivity index is 5.99. The van der Waals surface area contributed by atoms with Gasteiger partial charge < -0.3 is 63.2 Å². The average Bonchev–Trinajstić information content (AvgIpc) is 3.04. The van der Waals surface area contributed by atoms with Crippen LogP contribution in [0.2, 0.25) is 0 Å². The second-order valence-corrected chi connectivity index (χ2v) is 11.6. The molecule has 0 aromatic carbocycles. The van der Waals surface area contributed by atoms with E-state index in [1.165, 1.54) is 6.92 Å². The molecule has 0 bridgehead atoms. The summed E-state index contributed by atoms with van der Waals surface area (Å²) in [4.78, 5) is 133. The Kier molecular flexibility index (Phi) is 20.6. The van der Waals surface area contributed by atoms with Crippen molar-refractivity contribution >= 4 is 77.9 Å².